The molecule has 0 saturated carbocycles. The van der Waals surface area contributed by atoms with Crippen molar-refractivity contribution in [3.05, 3.63) is 58.0 Å². The maximum atomic E-state index is 12.8. The molecule has 0 spiro atoms. The zero-order chi connectivity index (χ0) is 22.4. The molecular weight excluding hydrogens is 400 g/mol. The van der Waals surface area contributed by atoms with Gasteiger partial charge < -0.3 is 19.1 Å². The second-order valence-corrected chi connectivity index (χ2v) is 7.57. The van der Waals surface area contributed by atoms with Gasteiger partial charge in [0.05, 0.1) is 16.7 Å². The number of carbonyl (C=O) groups is 2. The highest BCUT2D eigenvalue weighted by Gasteiger charge is 2.24. The molecule has 0 bridgehead atoms. The van der Waals surface area contributed by atoms with E-state index in [4.69, 9.17) is 4.42 Å². The second-order valence-electron chi connectivity index (χ2n) is 7.57. The number of benzene rings is 1. The van der Waals surface area contributed by atoms with Crippen molar-refractivity contribution in [3.63, 3.8) is 0 Å². The van der Waals surface area contributed by atoms with E-state index in [0.29, 0.717) is 50.6 Å². The Morgan fingerprint density at radius 2 is 1.77 bits per heavy atom. The van der Waals surface area contributed by atoms with E-state index in [1.165, 1.54) is 18.4 Å². The summed E-state index contributed by atoms with van der Waals surface area (Å²) in [5.41, 5.74) is 1.51. The first-order valence-electron chi connectivity index (χ1n) is 10.5. The Morgan fingerprint density at radius 3 is 2.32 bits per heavy atom. The SMILES string of the molecule is CCCN(CCC(=O)N1CCN(c2ccc([N+](=O)[O-])cc2)CC1)C(=O)c1ccoc1C. The Morgan fingerprint density at radius 1 is 1.10 bits per heavy atom. The first-order valence-corrected chi connectivity index (χ1v) is 10.5. The van der Waals surface area contributed by atoms with E-state index in [9.17, 15) is 19.7 Å². The smallest absolute Gasteiger partial charge is 0.269 e. The largest absolute Gasteiger partial charge is 0.469 e. The van der Waals surface area contributed by atoms with Crippen molar-refractivity contribution < 1.29 is 18.9 Å². The van der Waals surface area contributed by atoms with E-state index >= 15 is 0 Å². The van der Waals surface area contributed by atoms with Gasteiger partial charge in [-0.3, -0.25) is 19.7 Å². The van der Waals surface area contributed by atoms with Gasteiger partial charge in [-0.2, -0.15) is 0 Å². The van der Waals surface area contributed by atoms with Crippen LogP contribution >= 0.6 is 0 Å². The molecule has 1 aliphatic rings. The molecule has 0 atom stereocenters. The van der Waals surface area contributed by atoms with Gasteiger partial charge >= 0.3 is 0 Å². The molecule has 3 rings (SSSR count). The first-order chi connectivity index (χ1) is 14.9. The van der Waals surface area contributed by atoms with E-state index in [1.54, 1.807) is 30.0 Å². The van der Waals surface area contributed by atoms with Gasteiger partial charge in [-0.05, 0) is 31.5 Å². The number of nitrogens with zero attached hydrogens (tertiary/aromatic N) is 4. The number of amides is 2. The minimum absolute atomic E-state index is 0.0289. The Kier molecular flexibility index (Phi) is 7.28. The molecule has 0 N–H and O–H groups in total. The van der Waals surface area contributed by atoms with Crippen LogP contribution < -0.4 is 4.90 Å². The van der Waals surface area contributed by atoms with Crippen molar-refractivity contribution in [1.29, 1.82) is 0 Å². The van der Waals surface area contributed by atoms with Crippen LogP contribution in [0.25, 0.3) is 0 Å². The molecule has 0 unspecified atom stereocenters. The summed E-state index contributed by atoms with van der Waals surface area (Å²) in [7, 11) is 0. The van der Waals surface area contributed by atoms with Crippen molar-refractivity contribution in [3.8, 4) is 0 Å². The molecule has 1 fully saturated rings. The number of nitro groups is 1. The molecule has 1 aliphatic heterocycles. The summed E-state index contributed by atoms with van der Waals surface area (Å²) in [6.45, 7) is 7.21. The third-order valence-corrected chi connectivity index (χ3v) is 5.52. The molecule has 1 saturated heterocycles. The molecule has 31 heavy (non-hydrogen) atoms. The maximum Gasteiger partial charge on any atom is 0.269 e. The lowest BCUT2D eigenvalue weighted by Crippen LogP contribution is -2.49. The highest BCUT2D eigenvalue weighted by atomic mass is 16.6. The van der Waals surface area contributed by atoms with Gasteiger partial charge in [0, 0.05) is 63.5 Å². The molecule has 0 aliphatic carbocycles. The zero-order valence-corrected chi connectivity index (χ0v) is 18.0. The normalized spacial score (nSPS) is 13.9. The van der Waals surface area contributed by atoms with Crippen LogP contribution in [0.15, 0.2) is 41.0 Å². The molecule has 2 aromatic rings. The number of piperazine rings is 1. The molecule has 2 heterocycles. The number of hydrogen-bond acceptors (Lipinski definition) is 6. The third kappa shape index (κ3) is 5.42. The summed E-state index contributed by atoms with van der Waals surface area (Å²) in [5, 5.41) is 10.8. The average molecular weight is 428 g/mol. The van der Waals surface area contributed by atoms with E-state index in [-0.39, 0.29) is 23.9 Å². The van der Waals surface area contributed by atoms with Gasteiger partial charge in [-0.15, -0.1) is 0 Å². The van der Waals surface area contributed by atoms with Gasteiger partial charge in [0.1, 0.15) is 5.76 Å². The summed E-state index contributed by atoms with van der Waals surface area (Å²) in [6.07, 6.45) is 2.59. The second kappa shape index (κ2) is 10.1. The Balaban J connectivity index is 1.51. The molecule has 2 amide bonds. The maximum absolute atomic E-state index is 12.8. The molecule has 166 valence electrons. The van der Waals surface area contributed by atoms with Crippen molar-refractivity contribution in [1.82, 2.24) is 9.80 Å². The predicted molar refractivity (Wildman–Crippen MR) is 116 cm³/mol. The molecule has 9 heteroatoms. The topological polar surface area (TPSA) is 100 Å². The Hall–Kier alpha value is -3.36. The Bertz CT molecular complexity index is 916. The van der Waals surface area contributed by atoms with Crippen molar-refractivity contribution in [2.24, 2.45) is 0 Å². The minimum atomic E-state index is -0.416. The van der Waals surface area contributed by atoms with Crippen LogP contribution in [0, 0.1) is 17.0 Å². The summed E-state index contributed by atoms with van der Waals surface area (Å²) >= 11 is 0. The number of aryl methyl sites for hydroxylation is 1. The average Bonchev–Trinajstić information content (AvgIpc) is 3.22. The predicted octanol–water partition coefficient (Wildman–Crippen LogP) is 3.09. The summed E-state index contributed by atoms with van der Waals surface area (Å²) in [5.74, 6) is 0.504. The summed E-state index contributed by atoms with van der Waals surface area (Å²) < 4.78 is 5.24. The van der Waals surface area contributed by atoms with Crippen LogP contribution in [0.4, 0.5) is 11.4 Å². The highest BCUT2D eigenvalue weighted by Crippen LogP contribution is 2.21. The fraction of sp³-hybridized carbons (Fsp3) is 0.455. The standard InChI is InChI=1S/C22H28N4O5/c1-3-10-25(22(28)20-9-16-31-17(20)2)11-8-21(27)24-14-12-23(13-15-24)18-4-6-19(7-5-18)26(29)30/h4-7,9,16H,3,8,10-15H2,1-2H3. The van der Waals surface area contributed by atoms with E-state index in [1.807, 2.05) is 11.8 Å². The monoisotopic (exact) mass is 428 g/mol. The third-order valence-electron chi connectivity index (χ3n) is 5.52. The van der Waals surface area contributed by atoms with Gasteiger partial charge in [0.15, 0.2) is 0 Å². The van der Waals surface area contributed by atoms with Crippen molar-refractivity contribution in [2.75, 3.05) is 44.2 Å². The van der Waals surface area contributed by atoms with Crippen LogP contribution in [-0.4, -0.2) is 65.8 Å². The van der Waals surface area contributed by atoms with Gasteiger partial charge in [-0.25, -0.2) is 0 Å². The molecule has 1 aromatic heterocycles. The number of furan rings is 1. The van der Waals surface area contributed by atoms with E-state index < -0.39 is 4.92 Å². The van der Waals surface area contributed by atoms with Gasteiger partial charge in [-0.1, -0.05) is 6.92 Å². The molecule has 1 aromatic carbocycles. The molecule has 9 nitrogen and oxygen atoms in total. The fourth-order valence-corrected chi connectivity index (χ4v) is 3.75. The number of non-ortho nitro benzene ring substituents is 1. The highest BCUT2D eigenvalue weighted by molar-refractivity contribution is 5.95. The van der Waals surface area contributed by atoms with Gasteiger partial charge in [0.2, 0.25) is 5.91 Å². The van der Waals surface area contributed by atoms with Crippen LogP contribution in [0.1, 0.15) is 35.9 Å². The van der Waals surface area contributed by atoms with Crippen LogP contribution in [0.3, 0.4) is 0 Å². The number of rotatable bonds is 8. The van der Waals surface area contributed by atoms with Gasteiger partial charge in [0.25, 0.3) is 11.6 Å². The van der Waals surface area contributed by atoms with Crippen LogP contribution in [0.2, 0.25) is 0 Å². The summed E-state index contributed by atoms with van der Waals surface area (Å²) in [4.78, 5) is 41.5. The quantitative estimate of drug-likeness (QED) is 0.473. The minimum Gasteiger partial charge on any atom is -0.469 e. The Labute approximate surface area is 181 Å². The van der Waals surface area contributed by atoms with E-state index in [0.717, 1.165) is 12.1 Å². The number of nitro benzene ring substituents is 1. The fourth-order valence-electron chi connectivity index (χ4n) is 3.75. The number of hydrogen-bond donors (Lipinski definition) is 0. The number of carbonyl (C=O) groups excluding carboxylic acids is 2. The van der Waals surface area contributed by atoms with Crippen molar-refractivity contribution >= 4 is 23.2 Å². The summed E-state index contributed by atoms with van der Waals surface area (Å²) in [6, 6.07) is 8.13. The lowest BCUT2D eigenvalue weighted by atomic mass is 10.2. The zero-order valence-electron chi connectivity index (χ0n) is 18.0. The number of anilines is 1. The molecule has 0 radical (unpaired) electrons. The first kappa shape index (κ1) is 22.3. The van der Waals surface area contributed by atoms with Crippen LogP contribution in [0.5, 0.6) is 0 Å². The molecular formula is C22H28N4O5. The lowest BCUT2D eigenvalue weighted by molar-refractivity contribution is -0.384. The van der Waals surface area contributed by atoms with E-state index in [2.05, 4.69) is 4.90 Å². The van der Waals surface area contributed by atoms with Crippen molar-refractivity contribution in [2.45, 2.75) is 26.7 Å². The lowest BCUT2D eigenvalue weighted by Gasteiger charge is -2.36. The van der Waals surface area contributed by atoms with Crippen LogP contribution in [-0.2, 0) is 4.79 Å².